The standard InChI is InChI=1S/C7H9NO3/c1-4-5(7(10)11-4)6(9)8(2)3/h5H,1H2,2-3H3/p+1. The Morgan fingerprint density at radius 3 is 2.45 bits per heavy atom. The molecule has 0 radical (unpaired) electrons. The number of esters is 1. The van der Waals surface area contributed by atoms with Crippen LogP contribution in [0.2, 0.25) is 0 Å². The molecule has 1 saturated heterocycles. The third-order valence-electron chi connectivity index (χ3n) is 1.51. The van der Waals surface area contributed by atoms with Gasteiger partial charge in [0.25, 0.3) is 0 Å². The Labute approximate surface area is 64.4 Å². The second kappa shape index (κ2) is 2.38. The molecule has 1 unspecified atom stereocenters. The van der Waals surface area contributed by atoms with E-state index in [-0.39, 0.29) is 5.90 Å². The fourth-order valence-corrected chi connectivity index (χ4v) is 0.828. The first-order valence-corrected chi connectivity index (χ1v) is 3.17. The van der Waals surface area contributed by atoms with Gasteiger partial charge in [-0.15, -0.1) is 0 Å². The third kappa shape index (κ3) is 1.11. The summed E-state index contributed by atoms with van der Waals surface area (Å²) in [6.07, 6.45) is 0. The van der Waals surface area contributed by atoms with Crippen molar-refractivity contribution in [2.45, 2.75) is 0 Å². The minimum Gasteiger partial charge on any atom is -0.463 e. The van der Waals surface area contributed by atoms with Crippen LogP contribution in [0.4, 0.5) is 0 Å². The van der Waals surface area contributed by atoms with Gasteiger partial charge in [0.2, 0.25) is 5.92 Å². The highest BCUT2D eigenvalue weighted by Gasteiger charge is 2.45. The average molecular weight is 156 g/mol. The van der Waals surface area contributed by atoms with Gasteiger partial charge in [0, 0.05) is 0 Å². The molecule has 0 aromatic carbocycles. The highest BCUT2D eigenvalue weighted by molar-refractivity contribution is 6.02. The lowest BCUT2D eigenvalue weighted by Gasteiger charge is -2.22. The van der Waals surface area contributed by atoms with Gasteiger partial charge in [0.1, 0.15) is 19.9 Å². The second-order valence-corrected chi connectivity index (χ2v) is 2.57. The fraction of sp³-hybridized carbons (Fsp3) is 0.429. The molecule has 0 saturated carbocycles. The molecule has 4 nitrogen and oxygen atoms in total. The van der Waals surface area contributed by atoms with E-state index in [0.717, 1.165) is 0 Å². The number of cyclic esters (lactones) is 1. The van der Waals surface area contributed by atoms with E-state index in [2.05, 4.69) is 11.3 Å². The maximum absolute atomic E-state index is 10.7. The van der Waals surface area contributed by atoms with E-state index in [1.165, 1.54) is 4.58 Å². The molecule has 0 aliphatic carbocycles. The van der Waals surface area contributed by atoms with Crippen molar-refractivity contribution < 1.29 is 19.2 Å². The number of nitrogens with zero attached hydrogens (tertiary/aromatic N) is 1. The number of aliphatic hydroxyl groups is 1. The zero-order chi connectivity index (χ0) is 8.59. The lowest BCUT2D eigenvalue weighted by molar-refractivity contribution is -0.476. The van der Waals surface area contributed by atoms with E-state index in [4.69, 9.17) is 0 Å². The Hall–Kier alpha value is -1.32. The number of hydrogen-bond donors (Lipinski definition) is 1. The smallest absolute Gasteiger partial charge is 0.356 e. The topological polar surface area (TPSA) is 49.5 Å². The summed E-state index contributed by atoms with van der Waals surface area (Å²) in [6.45, 7) is 3.45. The minimum absolute atomic E-state index is 0.0220. The molecular weight excluding hydrogens is 146 g/mol. The van der Waals surface area contributed by atoms with E-state index in [0.29, 0.717) is 5.76 Å². The van der Waals surface area contributed by atoms with Crippen LogP contribution >= 0.6 is 0 Å². The summed E-state index contributed by atoms with van der Waals surface area (Å²) in [6, 6.07) is 0. The van der Waals surface area contributed by atoms with Gasteiger partial charge in [-0.1, -0.05) is 6.58 Å². The monoisotopic (exact) mass is 156 g/mol. The van der Waals surface area contributed by atoms with Gasteiger partial charge in [-0.2, -0.15) is 0 Å². The number of carbonyl (C=O) groups excluding carboxylic acids is 1. The van der Waals surface area contributed by atoms with Gasteiger partial charge in [-0.25, -0.2) is 4.58 Å². The highest BCUT2D eigenvalue weighted by atomic mass is 16.6. The lowest BCUT2D eigenvalue weighted by atomic mass is 10.0. The molecule has 11 heavy (non-hydrogen) atoms. The Morgan fingerprint density at radius 2 is 2.27 bits per heavy atom. The minimum atomic E-state index is -0.648. The van der Waals surface area contributed by atoms with Crippen molar-refractivity contribution in [2.24, 2.45) is 5.92 Å². The Bertz CT molecular complexity index is 236. The molecule has 0 aromatic heterocycles. The van der Waals surface area contributed by atoms with Crippen LogP contribution in [0.1, 0.15) is 0 Å². The zero-order valence-corrected chi connectivity index (χ0v) is 6.50. The number of rotatable bonds is 1. The van der Waals surface area contributed by atoms with Crippen molar-refractivity contribution in [3.05, 3.63) is 12.3 Å². The van der Waals surface area contributed by atoms with Gasteiger partial charge >= 0.3 is 11.9 Å². The average Bonchev–Trinajstić information content (AvgIpc) is 1.86. The van der Waals surface area contributed by atoms with Crippen LogP contribution in [-0.2, 0) is 9.53 Å². The fourth-order valence-electron chi connectivity index (χ4n) is 0.828. The molecule has 1 N–H and O–H groups in total. The van der Waals surface area contributed by atoms with Crippen LogP contribution in [0.15, 0.2) is 12.3 Å². The molecule has 1 aliphatic heterocycles. The molecule has 1 heterocycles. The first-order chi connectivity index (χ1) is 5.04. The van der Waals surface area contributed by atoms with Crippen LogP contribution in [-0.4, -0.2) is 35.6 Å². The normalized spacial score (nSPS) is 22.2. The molecule has 1 aliphatic rings. The molecule has 0 aromatic rings. The number of aliphatic hydroxyl groups excluding tert-OH is 1. The first-order valence-electron chi connectivity index (χ1n) is 3.17. The SMILES string of the molecule is C=C1OC(=O)C1C(O)=[N+](C)C. The van der Waals surface area contributed by atoms with Crippen molar-refractivity contribution in [3.63, 3.8) is 0 Å². The molecular formula is C7H10NO3+. The molecule has 1 rings (SSSR count). The summed E-state index contributed by atoms with van der Waals surface area (Å²) in [5.41, 5.74) is 0. The zero-order valence-electron chi connectivity index (χ0n) is 6.50. The van der Waals surface area contributed by atoms with Gasteiger partial charge in [0.05, 0.1) is 0 Å². The van der Waals surface area contributed by atoms with Crippen LogP contribution < -0.4 is 0 Å². The largest absolute Gasteiger partial charge is 0.463 e. The predicted octanol–water partition coefficient (Wildman–Crippen LogP) is -0.0983. The highest BCUT2D eigenvalue weighted by Crippen LogP contribution is 2.24. The van der Waals surface area contributed by atoms with E-state index in [9.17, 15) is 9.90 Å². The summed E-state index contributed by atoms with van der Waals surface area (Å²) >= 11 is 0. The molecule has 60 valence electrons. The second-order valence-electron chi connectivity index (χ2n) is 2.57. The molecule has 1 atom stereocenters. The van der Waals surface area contributed by atoms with Gasteiger partial charge < -0.3 is 9.84 Å². The molecule has 4 heteroatoms. The van der Waals surface area contributed by atoms with Crippen LogP contribution in [0.3, 0.4) is 0 Å². The summed E-state index contributed by atoms with van der Waals surface area (Å²) in [5.74, 6) is -0.807. The van der Waals surface area contributed by atoms with Crippen molar-refractivity contribution >= 4 is 11.9 Å². The number of carbonyl (C=O) groups is 1. The van der Waals surface area contributed by atoms with Crippen molar-refractivity contribution in [3.8, 4) is 0 Å². The van der Waals surface area contributed by atoms with Crippen LogP contribution in [0.5, 0.6) is 0 Å². The third-order valence-corrected chi connectivity index (χ3v) is 1.51. The summed E-state index contributed by atoms with van der Waals surface area (Å²) < 4.78 is 5.94. The molecule has 0 bridgehead atoms. The van der Waals surface area contributed by atoms with Gasteiger partial charge in [-0.3, -0.25) is 4.79 Å². The number of hydrogen-bond acceptors (Lipinski definition) is 2. The quantitative estimate of drug-likeness (QED) is 0.249. The van der Waals surface area contributed by atoms with E-state index >= 15 is 0 Å². The van der Waals surface area contributed by atoms with E-state index in [1.807, 2.05) is 0 Å². The number of ether oxygens (including phenoxy) is 1. The van der Waals surface area contributed by atoms with E-state index in [1.54, 1.807) is 14.1 Å². The molecule has 0 amide bonds. The summed E-state index contributed by atoms with van der Waals surface area (Å²) in [5, 5.41) is 9.27. The van der Waals surface area contributed by atoms with Gasteiger partial charge in [0.15, 0.2) is 0 Å². The first kappa shape index (κ1) is 7.78. The van der Waals surface area contributed by atoms with Crippen molar-refractivity contribution in [2.75, 3.05) is 14.1 Å². The Morgan fingerprint density at radius 1 is 1.73 bits per heavy atom. The maximum atomic E-state index is 10.7. The summed E-state index contributed by atoms with van der Waals surface area (Å²) in [4.78, 5) is 10.7. The maximum Gasteiger partial charge on any atom is 0.356 e. The van der Waals surface area contributed by atoms with Crippen molar-refractivity contribution in [1.29, 1.82) is 0 Å². The van der Waals surface area contributed by atoms with E-state index < -0.39 is 11.9 Å². The van der Waals surface area contributed by atoms with Crippen LogP contribution in [0.25, 0.3) is 0 Å². The Kier molecular flexibility index (Phi) is 1.68. The van der Waals surface area contributed by atoms with Crippen LogP contribution in [0, 0.1) is 5.92 Å². The molecule has 0 spiro atoms. The van der Waals surface area contributed by atoms with Gasteiger partial charge in [-0.05, 0) is 0 Å². The predicted molar refractivity (Wildman–Crippen MR) is 38.5 cm³/mol. The molecule has 1 fully saturated rings. The Balaban J connectivity index is 2.84. The lowest BCUT2D eigenvalue weighted by Crippen LogP contribution is -2.41. The van der Waals surface area contributed by atoms with Crippen molar-refractivity contribution in [1.82, 2.24) is 0 Å². The summed E-state index contributed by atoms with van der Waals surface area (Å²) in [7, 11) is 3.29.